The second-order valence-corrected chi connectivity index (χ2v) is 4.53. The molecule has 0 fully saturated rings. The van der Waals surface area contributed by atoms with Gasteiger partial charge in [0, 0.05) is 0 Å². The number of carbonyl (C=O) groups excluding carboxylic acids is 1. The van der Waals surface area contributed by atoms with Gasteiger partial charge in [0.2, 0.25) is 0 Å². The van der Waals surface area contributed by atoms with E-state index >= 15 is 0 Å². The summed E-state index contributed by atoms with van der Waals surface area (Å²) in [4.78, 5) is 21.8. The van der Waals surface area contributed by atoms with Gasteiger partial charge in [-0.25, -0.2) is 9.59 Å². The van der Waals surface area contributed by atoms with Crippen molar-refractivity contribution in [3.8, 4) is 0 Å². The van der Waals surface area contributed by atoms with E-state index in [1.807, 2.05) is 0 Å². The summed E-state index contributed by atoms with van der Waals surface area (Å²) in [5.41, 5.74) is -0.501. The lowest BCUT2D eigenvalue weighted by molar-refractivity contribution is -0.145. The van der Waals surface area contributed by atoms with E-state index in [9.17, 15) is 9.59 Å². The van der Waals surface area contributed by atoms with Gasteiger partial charge in [0.1, 0.15) is 5.57 Å². The van der Waals surface area contributed by atoms with Crippen molar-refractivity contribution >= 4 is 11.9 Å². The smallest absolute Gasteiger partial charge is 0.344 e. The van der Waals surface area contributed by atoms with Crippen LogP contribution >= 0.6 is 0 Å². The maximum Gasteiger partial charge on any atom is 0.344 e. The Bertz CT molecular complexity index is 284. The molecule has 0 amide bonds. The zero-order valence-electron chi connectivity index (χ0n) is 11.4. The van der Waals surface area contributed by atoms with Crippen LogP contribution < -0.4 is 0 Å². The molecule has 104 valence electrons. The minimum Gasteiger partial charge on any atom is -0.477 e. The number of ether oxygens (including phenoxy) is 1. The van der Waals surface area contributed by atoms with Crippen LogP contribution in [0, 0.1) is 5.92 Å². The van der Waals surface area contributed by atoms with Gasteiger partial charge in [-0.05, 0) is 18.8 Å². The number of rotatable bonds is 10. The molecule has 1 unspecified atom stereocenters. The molecular weight excluding hydrogens is 232 g/mol. The number of hydrogen-bond acceptors (Lipinski definition) is 3. The average molecular weight is 256 g/mol. The lowest BCUT2D eigenvalue weighted by atomic mass is 9.97. The van der Waals surface area contributed by atoms with E-state index in [-0.39, 0.29) is 0 Å². The molecule has 0 radical (unpaired) electrons. The molecule has 0 aliphatic carbocycles. The second kappa shape index (κ2) is 9.68. The van der Waals surface area contributed by atoms with Crippen LogP contribution in [0.15, 0.2) is 12.2 Å². The van der Waals surface area contributed by atoms with Crippen LogP contribution in [-0.4, -0.2) is 23.7 Å². The molecule has 1 atom stereocenters. The molecular formula is C14H24O4. The molecule has 1 N–H and O–H groups in total. The van der Waals surface area contributed by atoms with Crippen LogP contribution in [0.2, 0.25) is 0 Å². The van der Waals surface area contributed by atoms with E-state index in [1.54, 1.807) is 0 Å². The van der Waals surface area contributed by atoms with Gasteiger partial charge in [-0.2, -0.15) is 0 Å². The van der Waals surface area contributed by atoms with Gasteiger partial charge in [0.15, 0.2) is 0 Å². The molecule has 0 aromatic carbocycles. The maximum absolute atomic E-state index is 11.3. The maximum atomic E-state index is 11.3. The van der Waals surface area contributed by atoms with Crippen molar-refractivity contribution in [2.24, 2.45) is 5.92 Å². The van der Waals surface area contributed by atoms with E-state index in [0.29, 0.717) is 12.5 Å². The number of carboxylic acid groups (broad SMARTS) is 1. The predicted molar refractivity (Wildman–Crippen MR) is 70.3 cm³/mol. The fourth-order valence-electron chi connectivity index (χ4n) is 1.77. The number of esters is 1. The van der Waals surface area contributed by atoms with Crippen LogP contribution in [0.1, 0.15) is 52.4 Å². The van der Waals surface area contributed by atoms with Crippen molar-refractivity contribution < 1.29 is 19.4 Å². The van der Waals surface area contributed by atoms with Gasteiger partial charge < -0.3 is 9.84 Å². The Morgan fingerprint density at radius 2 is 1.83 bits per heavy atom. The number of carboxylic acids is 1. The van der Waals surface area contributed by atoms with Crippen molar-refractivity contribution in [2.75, 3.05) is 6.61 Å². The summed E-state index contributed by atoms with van der Waals surface area (Å²) in [5.74, 6) is -1.82. The average Bonchev–Trinajstić information content (AvgIpc) is 2.34. The molecule has 0 saturated heterocycles. The first-order valence-corrected chi connectivity index (χ1v) is 6.62. The first kappa shape index (κ1) is 16.7. The molecule has 0 aliphatic heterocycles. The van der Waals surface area contributed by atoms with Crippen molar-refractivity contribution in [1.29, 1.82) is 0 Å². The first-order valence-electron chi connectivity index (χ1n) is 6.62. The van der Waals surface area contributed by atoms with Crippen molar-refractivity contribution in [2.45, 2.75) is 52.4 Å². The van der Waals surface area contributed by atoms with Gasteiger partial charge >= 0.3 is 11.9 Å². The highest BCUT2D eigenvalue weighted by atomic mass is 16.5. The lowest BCUT2D eigenvalue weighted by Gasteiger charge is -2.16. The first-order chi connectivity index (χ1) is 8.52. The monoisotopic (exact) mass is 256 g/mol. The molecule has 0 bridgehead atoms. The van der Waals surface area contributed by atoms with Crippen molar-refractivity contribution in [3.05, 3.63) is 12.2 Å². The molecule has 4 heteroatoms. The quantitative estimate of drug-likeness (QED) is 0.214. The minimum atomic E-state index is -1.32. The molecule has 18 heavy (non-hydrogen) atoms. The highest BCUT2D eigenvalue weighted by molar-refractivity contribution is 6.12. The Labute approximate surface area is 109 Å². The minimum absolute atomic E-state index is 0.294. The Hall–Kier alpha value is -1.32. The van der Waals surface area contributed by atoms with E-state index in [1.165, 1.54) is 6.42 Å². The molecule has 0 rings (SSSR count). The van der Waals surface area contributed by atoms with E-state index < -0.39 is 17.5 Å². The summed E-state index contributed by atoms with van der Waals surface area (Å²) in [7, 11) is 0. The van der Waals surface area contributed by atoms with Gasteiger partial charge in [-0.1, -0.05) is 46.1 Å². The molecule has 0 aliphatic rings. The van der Waals surface area contributed by atoms with Crippen LogP contribution in [-0.2, 0) is 14.3 Å². The fourth-order valence-corrected chi connectivity index (χ4v) is 1.77. The van der Waals surface area contributed by atoms with E-state index in [4.69, 9.17) is 9.84 Å². The normalized spacial score (nSPS) is 11.9. The molecule has 0 aromatic heterocycles. The second-order valence-electron chi connectivity index (χ2n) is 4.53. The Balaban J connectivity index is 4.05. The van der Waals surface area contributed by atoms with Gasteiger partial charge in [0.25, 0.3) is 0 Å². The lowest BCUT2D eigenvalue weighted by Crippen LogP contribution is -2.19. The van der Waals surface area contributed by atoms with E-state index in [2.05, 4.69) is 20.4 Å². The van der Waals surface area contributed by atoms with E-state index in [0.717, 1.165) is 32.1 Å². The largest absolute Gasteiger partial charge is 0.477 e. The third-order valence-electron chi connectivity index (χ3n) is 2.87. The summed E-state index contributed by atoms with van der Waals surface area (Å²) in [6, 6.07) is 0. The molecule has 0 aromatic rings. The van der Waals surface area contributed by atoms with Gasteiger partial charge in [-0.3, -0.25) is 0 Å². The van der Waals surface area contributed by atoms with Crippen LogP contribution in [0.25, 0.3) is 0 Å². The SMILES string of the molecule is C=C(C(=O)O)C(=O)OCC(CCC)CCCCC. The van der Waals surface area contributed by atoms with Crippen LogP contribution in [0.5, 0.6) is 0 Å². The highest BCUT2D eigenvalue weighted by Crippen LogP contribution is 2.16. The van der Waals surface area contributed by atoms with Crippen molar-refractivity contribution in [1.82, 2.24) is 0 Å². The standard InChI is InChI=1S/C14H24O4/c1-4-6-7-9-12(8-5-2)10-18-14(17)11(3)13(15)16/h12H,3-10H2,1-2H3,(H,15,16). The summed E-state index contributed by atoms with van der Waals surface area (Å²) in [5, 5.41) is 8.59. The Morgan fingerprint density at radius 3 is 2.33 bits per heavy atom. The third kappa shape index (κ3) is 7.09. The zero-order chi connectivity index (χ0) is 14.0. The summed E-state index contributed by atoms with van der Waals surface area (Å²) in [6.45, 7) is 7.71. The van der Waals surface area contributed by atoms with Gasteiger partial charge in [-0.15, -0.1) is 0 Å². The van der Waals surface area contributed by atoms with Crippen LogP contribution in [0.4, 0.5) is 0 Å². The number of carbonyl (C=O) groups is 2. The molecule has 0 heterocycles. The summed E-state index contributed by atoms with van der Waals surface area (Å²) < 4.78 is 4.99. The Kier molecular flexibility index (Phi) is 8.97. The fraction of sp³-hybridized carbons (Fsp3) is 0.714. The highest BCUT2D eigenvalue weighted by Gasteiger charge is 2.17. The summed E-state index contributed by atoms with van der Waals surface area (Å²) in [6.07, 6.45) is 6.52. The predicted octanol–water partition coefficient (Wildman–Crippen LogP) is 3.17. The molecule has 0 saturated carbocycles. The van der Waals surface area contributed by atoms with Crippen molar-refractivity contribution in [3.63, 3.8) is 0 Å². The summed E-state index contributed by atoms with van der Waals surface area (Å²) >= 11 is 0. The van der Waals surface area contributed by atoms with Gasteiger partial charge in [0.05, 0.1) is 6.61 Å². The molecule has 0 spiro atoms. The zero-order valence-corrected chi connectivity index (χ0v) is 11.4. The number of hydrogen-bond donors (Lipinski definition) is 1. The number of aliphatic carboxylic acids is 1. The molecule has 4 nitrogen and oxygen atoms in total. The topological polar surface area (TPSA) is 63.6 Å². The number of unbranched alkanes of at least 4 members (excludes halogenated alkanes) is 2. The third-order valence-corrected chi connectivity index (χ3v) is 2.87. The van der Waals surface area contributed by atoms with Crippen LogP contribution in [0.3, 0.4) is 0 Å². The Morgan fingerprint density at radius 1 is 1.17 bits per heavy atom.